The topological polar surface area (TPSA) is 49.2 Å². The molecular formula is C13H16ClN3O2. The molecule has 2 aromatic rings. The Morgan fingerprint density at radius 1 is 1.16 bits per heavy atom. The molecule has 5 nitrogen and oxygen atoms in total. The van der Waals surface area contributed by atoms with Crippen LogP contribution in [0.15, 0.2) is 24.5 Å². The maximum absolute atomic E-state index is 5.83. The van der Waals surface area contributed by atoms with Crippen molar-refractivity contribution in [3.05, 3.63) is 30.4 Å². The van der Waals surface area contributed by atoms with Gasteiger partial charge in [-0.25, -0.2) is 0 Å². The molecule has 102 valence electrons. The zero-order valence-electron chi connectivity index (χ0n) is 11.0. The molecule has 6 heteroatoms. The summed E-state index contributed by atoms with van der Waals surface area (Å²) in [6.07, 6.45) is 1.63. The van der Waals surface area contributed by atoms with Crippen molar-refractivity contribution in [1.29, 1.82) is 0 Å². The van der Waals surface area contributed by atoms with Crippen molar-refractivity contribution in [3.8, 4) is 17.2 Å². The van der Waals surface area contributed by atoms with Crippen LogP contribution in [0.4, 0.5) is 0 Å². The molecule has 0 radical (unpaired) electrons. The number of hydrogen-bond acceptors (Lipinski definition) is 4. The number of halogens is 1. The maximum atomic E-state index is 5.83. The van der Waals surface area contributed by atoms with E-state index in [2.05, 4.69) is 10.2 Å². The molecule has 0 unspecified atom stereocenters. The zero-order chi connectivity index (χ0) is 13.7. The number of ether oxygens (including phenoxy) is 2. The van der Waals surface area contributed by atoms with Crippen LogP contribution in [0.3, 0.4) is 0 Å². The van der Waals surface area contributed by atoms with Crippen LogP contribution >= 0.6 is 11.6 Å². The predicted molar refractivity (Wildman–Crippen MR) is 73.3 cm³/mol. The molecule has 19 heavy (non-hydrogen) atoms. The van der Waals surface area contributed by atoms with E-state index >= 15 is 0 Å². The van der Waals surface area contributed by atoms with E-state index in [4.69, 9.17) is 21.1 Å². The summed E-state index contributed by atoms with van der Waals surface area (Å²) in [5.41, 5.74) is 0.896. The number of alkyl halides is 1. The fourth-order valence-corrected chi connectivity index (χ4v) is 1.94. The third kappa shape index (κ3) is 2.98. The molecule has 0 fully saturated rings. The van der Waals surface area contributed by atoms with Crippen LogP contribution in [0.5, 0.6) is 11.5 Å². The molecule has 0 aliphatic carbocycles. The van der Waals surface area contributed by atoms with Gasteiger partial charge in [-0.3, -0.25) is 4.57 Å². The standard InChI is InChI=1S/C13H16ClN3O2/c1-3-18-11-6-5-10(7-12(11)19-4-2)17-9-15-16-13(17)8-14/h5-7,9H,3-4,8H2,1-2H3. The Bertz CT molecular complexity index is 542. The van der Waals surface area contributed by atoms with Crippen LogP contribution in [0.25, 0.3) is 5.69 Å². The van der Waals surface area contributed by atoms with Gasteiger partial charge in [0.1, 0.15) is 6.33 Å². The molecule has 0 saturated carbocycles. The Kier molecular flexibility index (Phi) is 4.63. The van der Waals surface area contributed by atoms with Gasteiger partial charge in [0.15, 0.2) is 17.3 Å². The van der Waals surface area contributed by atoms with Gasteiger partial charge in [-0.1, -0.05) is 0 Å². The molecule has 0 atom stereocenters. The highest BCUT2D eigenvalue weighted by Crippen LogP contribution is 2.30. The van der Waals surface area contributed by atoms with Gasteiger partial charge in [0, 0.05) is 6.07 Å². The highest BCUT2D eigenvalue weighted by atomic mass is 35.5. The largest absolute Gasteiger partial charge is 0.490 e. The van der Waals surface area contributed by atoms with Gasteiger partial charge in [-0.2, -0.15) is 0 Å². The number of benzene rings is 1. The fourth-order valence-electron chi connectivity index (χ4n) is 1.76. The Morgan fingerprint density at radius 2 is 1.89 bits per heavy atom. The number of nitrogens with zero attached hydrogens (tertiary/aromatic N) is 3. The molecule has 0 aliphatic heterocycles. The van der Waals surface area contributed by atoms with Gasteiger partial charge in [0.05, 0.1) is 24.8 Å². The predicted octanol–water partition coefficient (Wildman–Crippen LogP) is 2.80. The number of hydrogen-bond donors (Lipinski definition) is 0. The summed E-state index contributed by atoms with van der Waals surface area (Å²) in [7, 11) is 0. The summed E-state index contributed by atoms with van der Waals surface area (Å²) in [6.45, 7) is 5.05. The molecule has 2 rings (SSSR count). The van der Waals surface area contributed by atoms with Crippen molar-refractivity contribution >= 4 is 11.6 Å². The Hall–Kier alpha value is -1.75. The van der Waals surface area contributed by atoms with Crippen LogP contribution in [-0.4, -0.2) is 28.0 Å². The van der Waals surface area contributed by atoms with Crippen LogP contribution in [-0.2, 0) is 5.88 Å². The molecule has 0 bridgehead atoms. The van der Waals surface area contributed by atoms with E-state index in [0.29, 0.717) is 30.7 Å². The average molecular weight is 282 g/mol. The minimum Gasteiger partial charge on any atom is -0.490 e. The maximum Gasteiger partial charge on any atom is 0.163 e. The van der Waals surface area contributed by atoms with E-state index in [-0.39, 0.29) is 0 Å². The minimum absolute atomic E-state index is 0.303. The van der Waals surface area contributed by atoms with Crippen molar-refractivity contribution in [3.63, 3.8) is 0 Å². The summed E-state index contributed by atoms with van der Waals surface area (Å²) in [4.78, 5) is 0. The lowest BCUT2D eigenvalue weighted by Crippen LogP contribution is -2.02. The van der Waals surface area contributed by atoms with Crippen molar-refractivity contribution in [1.82, 2.24) is 14.8 Å². The van der Waals surface area contributed by atoms with Gasteiger partial charge in [0.2, 0.25) is 0 Å². The zero-order valence-corrected chi connectivity index (χ0v) is 11.7. The molecular weight excluding hydrogens is 266 g/mol. The van der Waals surface area contributed by atoms with E-state index in [1.165, 1.54) is 0 Å². The molecule has 0 spiro atoms. The fraction of sp³-hybridized carbons (Fsp3) is 0.385. The summed E-state index contributed by atoms with van der Waals surface area (Å²) < 4.78 is 12.9. The summed E-state index contributed by atoms with van der Waals surface area (Å²) in [5, 5.41) is 7.81. The molecule has 1 aromatic carbocycles. The molecule has 0 amide bonds. The van der Waals surface area contributed by atoms with Crippen LogP contribution in [0.2, 0.25) is 0 Å². The van der Waals surface area contributed by atoms with Crippen LogP contribution in [0, 0.1) is 0 Å². The van der Waals surface area contributed by atoms with Crippen LogP contribution in [0.1, 0.15) is 19.7 Å². The van der Waals surface area contributed by atoms with E-state index in [9.17, 15) is 0 Å². The summed E-state index contributed by atoms with van der Waals surface area (Å²) >= 11 is 5.83. The molecule has 1 heterocycles. The second-order valence-corrected chi connectivity index (χ2v) is 4.02. The monoisotopic (exact) mass is 281 g/mol. The molecule has 0 N–H and O–H groups in total. The summed E-state index contributed by atoms with van der Waals surface area (Å²) in [5.74, 6) is 2.43. The van der Waals surface area contributed by atoms with Gasteiger partial charge >= 0.3 is 0 Å². The minimum atomic E-state index is 0.303. The lowest BCUT2D eigenvalue weighted by atomic mass is 10.2. The first-order valence-corrected chi connectivity index (χ1v) is 6.68. The Morgan fingerprint density at radius 3 is 2.58 bits per heavy atom. The van der Waals surface area contributed by atoms with Gasteiger partial charge in [-0.15, -0.1) is 21.8 Å². The normalized spacial score (nSPS) is 10.5. The highest BCUT2D eigenvalue weighted by Gasteiger charge is 2.10. The van der Waals surface area contributed by atoms with Crippen molar-refractivity contribution in [2.75, 3.05) is 13.2 Å². The Balaban J connectivity index is 2.39. The second-order valence-electron chi connectivity index (χ2n) is 3.75. The third-order valence-electron chi connectivity index (χ3n) is 2.54. The quantitative estimate of drug-likeness (QED) is 0.764. The first kappa shape index (κ1) is 13.7. The van der Waals surface area contributed by atoms with Crippen molar-refractivity contribution < 1.29 is 9.47 Å². The lowest BCUT2D eigenvalue weighted by molar-refractivity contribution is 0.287. The van der Waals surface area contributed by atoms with Crippen molar-refractivity contribution in [2.24, 2.45) is 0 Å². The average Bonchev–Trinajstić information content (AvgIpc) is 2.89. The number of rotatable bonds is 6. The second kappa shape index (κ2) is 6.43. The summed E-state index contributed by atoms with van der Waals surface area (Å²) in [6, 6.07) is 5.70. The van der Waals surface area contributed by atoms with E-state index < -0.39 is 0 Å². The van der Waals surface area contributed by atoms with Gasteiger partial charge in [-0.05, 0) is 26.0 Å². The van der Waals surface area contributed by atoms with E-state index in [1.54, 1.807) is 6.33 Å². The van der Waals surface area contributed by atoms with Crippen LogP contribution < -0.4 is 9.47 Å². The highest BCUT2D eigenvalue weighted by molar-refractivity contribution is 6.16. The smallest absolute Gasteiger partial charge is 0.163 e. The SMILES string of the molecule is CCOc1ccc(-n2cnnc2CCl)cc1OCC. The third-order valence-corrected chi connectivity index (χ3v) is 2.78. The Labute approximate surface area is 117 Å². The van der Waals surface area contributed by atoms with Crippen molar-refractivity contribution in [2.45, 2.75) is 19.7 Å². The molecule has 0 saturated heterocycles. The van der Waals surface area contributed by atoms with E-state index in [1.807, 2.05) is 36.6 Å². The number of aromatic nitrogens is 3. The van der Waals surface area contributed by atoms with Gasteiger partial charge in [0.25, 0.3) is 0 Å². The first-order valence-electron chi connectivity index (χ1n) is 6.15. The molecule has 0 aliphatic rings. The molecule has 1 aromatic heterocycles. The first-order chi connectivity index (χ1) is 9.30. The van der Waals surface area contributed by atoms with Gasteiger partial charge < -0.3 is 9.47 Å². The van der Waals surface area contributed by atoms with E-state index in [0.717, 1.165) is 11.4 Å². The lowest BCUT2D eigenvalue weighted by Gasteiger charge is -2.13.